The molecule has 0 atom stereocenters. The third-order valence-electron chi connectivity index (χ3n) is 1.47. The summed E-state index contributed by atoms with van der Waals surface area (Å²) in [5, 5.41) is 0. The SMILES string of the molecule is CC(C)c1ccccc1.[LiH]. The molecule has 0 saturated heterocycles. The third-order valence-corrected chi connectivity index (χ3v) is 1.47. The molecule has 1 aromatic rings. The molecule has 0 nitrogen and oxygen atoms in total. The van der Waals surface area contributed by atoms with E-state index in [1.165, 1.54) is 5.56 Å². The van der Waals surface area contributed by atoms with Crippen molar-refractivity contribution in [2.24, 2.45) is 0 Å². The molecule has 0 saturated carbocycles. The van der Waals surface area contributed by atoms with Gasteiger partial charge in [0.25, 0.3) is 0 Å². The van der Waals surface area contributed by atoms with Crippen LogP contribution in [0.25, 0.3) is 0 Å². The molecule has 0 heterocycles. The number of hydrogen-bond acceptors (Lipinski definition) is 0. The van der Waals surface area contributed by atoms with Crippen molar-refractivity contribution in [3.63, 3.8) is 0 Å². The summed E-state index contributed by atoms with van der Waals surface area (Å²) in [7, 11) is 0. The van der Waals surface area contributed by atoms with Gasteiger partial charge in [0.15, 0.2) is 0 Å². The summed E-state index contributed by atoms with van der Waals surface area (Å²) in [4.78, 5) is 0. The van der Waals surface area contributed by atoms with Gasteiger partial charge in [0.1, 0.15) is 0 Å². The Labute approximate surface area is 74.8 Å². The van der Waals surface area contributed by atoms with E-state index < -0.39 is 0 Å². The maximum atomic E-state index is 2.20. The summed E-state index contributed by atoms with van der Waals surface area (Å²) in [5.74, 6) is 0.659. The number of benzene rings is 1. The van der Waals surface area contributed by atoms with Gasteiger partial charge in [0, 0.05) is 0 Å². The van der Waals surface area contributed by atoms with Gasteiger partial charge < -0.3 is 0 Å². The van der Waals surface area contributed by atoms with Gasteiger partial charge in [0.05, 0.1) is 0 Å². The Hall–Kier alpha value is -0.183. The summed E-state index contributed by atoms with van der Waals surface area (Å²) in [6.45, 7) is 4.41. The molecule has 0 unspecified atom stereocenters. The summed E-state index contributed by atoms with van der Waals surface area (Å²) >= 11 is 0. The van der Waals surface area contributed by atoms with E-state index in [0.29, 0.717) is 5.92 Å². The zero-order chi connectivity index (χ0) is 6.69. The van der Waals surface area contributed by atoms with E-state index >= 15 is 0 Å². The molecule has 1 aromatic carbocycles. The van der Waals surface area contributed by atoms with Crippen LogP contribution in [-0.4, -0.2) is 18.9 Å². The molecule has 0 radical (unpaired) electrons. The van der Waals surface area contributed by atoms with Gasteiger partial charge in [-0.3, -0.25) is 0 Å². The second-order valence-electron chi connectivity index (χ2n) is 2.57. The van der Waals surface area contributed by atoms with Crippen LogP contribution in [0, 0.1) is 0 Å². The Balaban J connectivity index is 0.000000810. The van der Waals surface area contributed by atoms with E-state index in [9.17, 15) is 0 Å². The minimum atomic E-state index is 0. The summed E-state index contributed by atoms with van der Waals surface area (Å²) in [6, 6.07) is 10.5. The fourth-order valence-electron chi connectivity index (χ4n) is 0.838. The minimum absolute atomic E-state index is 0. The van der Waals surface area contributed by atoms with Crippen LogP contribution in [0.2, 0.25) is 0 Å². The van der Waals surface area contributed by atoms with Crippen molar-refractivity contribution in [2.75, 3.05) is 0 Å². The zero-order valence-electron chi connectivity index (χ0n) is 5.96. The predicted molar refractivity (Wildman–Crippen MR) is 47.7 cm³/mol. The monoisotopic (exact) mass is 128 g/mol. The van der Waals surface area contributed by atoms with Crippen LogP contribution >= 0.6 is 0 Å². The third kappa shape index (κ3) is 2.60. The van der Waals surface area contributed by atoms with Gasteiger partial charge in [0.2, 0.25) is 0 Å². The molecule has 0 aliphatic rings. The Kier molecular flexibility index (Phi) is 4.52. The van der Waals surface area contributed by atoms with Crippen LogP contribution < -0.4 is 0 Å². The zero-order valence-corrected chi connectivity index (χ0v) is 5.96. The Bertz CT molecular complexity index is 167. The molecule has 0 amide bonds. The van der Waals surface area contributed by atoms with Gasteiger partial charge in [-0.25, -0.2) is 0 Å². The van der Waals surface area contributed by atoms with E-state index in [0.717, 1.165) is 0 Å². The first-order valence-corrected chi connectivity index (χ1v) is 3.35. The van der Waals surface area contributed by atoms with E-state index in [2.05, 4.69) is 38.1 Å². The first kappa shape index (κ1) is 9.82. The quantitative estimate of drug-likeness (QED) is 0.508. The van der Waals surface area contributed by atoms with Crippen LogP contribution in [0.5, 0.6) is 0 Å². The summed E-state index contributed by atoms with van der Waals surface area (Å²) in [5.41, 5.74) is 1.41. The molecule has 0 fully saturated rings. The van der Waals surface area contributed by atoms with Gasteiger partial charge in [-0.15, -0.1) is 0 Å². The molecule has 0 N–H and O–H groups in total. The van der Waals surface area contributed by atoms with Gasteiger partial charge >= 0.3 is 18.9 Å². The average molecular weight is 128 g/mol. The second kappa shape index (κ2) is 4.60. The fraction of sp³-hybridized carbons (Fsp3) is 0.333. The van der Waals surface area contributed by atoms with Gasteiger partial charge in [-0.05, 0) is 11.5 Å². The molecule has 0 aliphatic carbocycles. The Morgan fingerprint density at radius 3 is 1.80 bits per heavy atom. The van der Waals surface area contributed by atoms with Crippen molar-refractivity contribution in [1.29, 1.82) is 0 Å². The molecular formula is C9H13Li. The molecule has 1 rings (SSSR count). The molecule has 0 spiro atoms. The average Bonchev–Trinajstić information content (AvgIpc) is 1.90. The normalized spacial score (nSPS) is 9.10. The van der Waals surface area contributed by atoms with E-state index in [1.807, 2.05) is 6.07 Å². The van der Waals surface area contributed by atoms with Crippen molar-refractivity contribution in [1.82, 2.24) is 0 Å². The molecule has 50 valence electrons. The van der Waals surface area contributed by atoms with Gasteiger partial charge in [-0.1, -0.05) is 44.2 Å². The molecule has 10 heavy (non-hydrogen) atoms. The van der Waals surface area contributed by atoms with Crippen molar-refractivity contribution in [3.05, 3.63) is 35.9 Å². The van der Waals surface area contributed by atoms with Crippen molar-refractivity contribution in [3.8, 4) is 0 Å². The first-order chi connectivity index (χ1) is 4.30. The Morgan fingerprint density at radius 2 is 1.50 bits per heavy atom. The molecular weight excluding hydrogens is 115 g/mol. The van der Waals surface area contributed by atoms with Crippen LogP contribution in [0.3, 0.4) is 0 Å². The molecule has 0 aromatic heterocycles. The van der Waals surface area contributed by atoms with Crippen LogP contribution in [0.4, 0.5) is 0 Å². The standard InChI is InChI=1S/C9H12.Li.H/c1-8(2)9-6-4-3-5-7-9;;/h3-8H,1-2H3;;. The number of rotatable bonds is 1. The van der Waals surface area contributed by atoms with E-state index in [1.54, 1.807) is 0 Å². The number of hydrogen-bond donors (Lipinski definition) is 0. The fourth-order valence-corrected chi connectivity index (χ4v) is 0.838. The van der Waals surface area contributed by atoms with Crippen LogP contribution in [0.15, 0.2) is 30.3 Å². The summed E-state index contributed by atoms with van der Waals surface area (Å²) in [6.07, 6.45) is 0. The van der Waals surface area contributed by atoms with E-state index in [-0.39, 0.29) is 18.9 Å². The Morgan fingerprint density at radius 1 is 1.00 bits per heavy atom. The van der Waals surface area contributed by atoms with Crippen LogP contribution in [0.1, 0.15) is 25.3 Å². The molecule has 1 heteroatoms. The second-order valence-corrected chi connectivity index (χ2v) is 2.57. The topological polar surface area (TPSA) is 0 Å². The molecule has 0 aliphatic heterocycles. The van der Waals surface area contributed by atoms with Gasteiger partial charge in [-0.2, -0.15) is 0 Å². The predicted octanol–water partition coefficient (Wildman–Crippen LogP) is 2.16. The van der Waals surface area contributed by atoms with Crippen LogP contribution in [-0.2, 0) is 0 Å². The van der Waals surface area contributed by atoms with Crippen molar-refractivity contribution < 1.29 is 0 Å². The van der Waals surface area contributed by atoms with E-state index in [4.69, 9.17) is 0 Å². The first-order valence-electron chi connectivity index (χ1n) is 3.35. The van der Waals surface area contributed by atoms with Crippen molar-refractivity contribution in [2.45, 2.75) is 19.8 Å². The maximum absolute atomic E-state index is 2.20. The molecule has 0 bridgehead atoms. The van der Waals surface area contributed by atoms with Crippen molar-refractivity contribution >= 4 is 18.9 Å². The summed E-state index contributed by atoms with van der Waals surface area (Å²) < 4.78 is 0.